The molecule has 3 N–H and O–H groups in total. The van der Waals surface area contributed by atoms with Crippen molar-refractivity contribution in [2.24, 2.45) is 0 Å². The van der Waals surface area contributed by atoms with Crippen LogP contribution < -0.4 is 20.9 Å². The summed E-state index contributed by atoms with van der Waals surface area (Å²) in [7, 11) is -6.08. The van der Waals surface area contributed by atoms with Gasteiger partial charge in [0.05, 0.1) is 25.7 Å². The highest BCUT2D eigenvalue weighted by molar-refractivity contribution is 7.54. The lowest BCUT2D eigenvalue weighted by Crippen LogP contribution is -2.34. The fourth-order valence-electron chi connectivity index (χ4n) is 4.46. The summed E-state index contributed by atoms with van der Waals surface area (Å²) in [5.74, 6) is -0.368. The first kappa shape index (κ1) is 32.5. The number of esters is 1. The molecular weight excluding hydrogens is 620 g/mol. The lowest BCUT2D eigenvalue weighted by molar-refractivity contribution is -0.141. The second-order valence-electron chi connectivity index (χ2n) is 10.4. The molecule has 0 saturated carbocycles. The van der Waals surface area contributed by atoms with Gasteiger partial charge in [-0.25, -0.2) is 23.8 Å². The molecule has 1 aromatic carbocycles. The Hall–Kier alpha value is -2.91. The predicted molar refractivity (Wildman–Crippen MR) is 157 cm³/mol. The van der Waals surface area contributed by atoms with Gasteiger partial charge in [-0.3, -0.25) is 28.2 Å². The summed E-state index contributed by atoms with van der Waals surface area (Å²) >= 11 is 0. The van der Waals surface area contributed by atoms with Gasteiger partial charge in [0.2, 0.25) is 0 Å². The van der Waals surface area contributed by atoms with Gasteiger partial charge in [-0.15, -0.1) is 0 Å². The maximum absolute atomic E-state index is 13.8. The molecule has 0 spiro atoms. The van der Waals surface area contributed by atoms with E-state index in [9.17, 15) is 28.6 Å². The number of ether oxygens (including phenoxy) is 2. The normalized spacial score (nSPS) is 24.2. The topological polar surface area (TPSA) is 190 Å². The van der Waals surface area contributed by atoms with Crippen molar-refractivity contribution in [3.05, 3.63) is 69.0 Å². The molecule has 0 aliphatic carbocycles. The van der Waals surface area contributed by atoms with E-state index in [4.69, 9.17) is 18.3 Å². The molecule has 5 atom stereocenters. The van der Waals surface area contributed by atoms with Gasteiger partial charge in [0, 0.05) is 44.8 Å². The third-order valence-corrected chi connectivity index (χ3v) is 11.3. The molecule has 1 aromatic heterocycles. The second kappa shape index (κ2) is 13.6. The molecule has 0 radical (unpaired) electrons. The summed E-state index contributed by atoms with van der Waals surface area (Å²) < 4.78 is 58.9. The Labute approximate surface area is 252 Å². The fourth-order valence-corrected chi connectivity index (χ4v) is 8.27. The van der Waals surface area contributed by atoms with Crippen molar-refractivity contribution in [3.8, 4) is 5.75 Å². The summed E-state index contributed by atoms with van der Waals surface area (Å²) in [4.78, 5) is 39.1. The van der Waals surface area contributed by atoms with Crippen LogP contribution in [0, 0.1) is 0 Å². The van der Waals surface area contributed by atoms with Crippen molar-refractivity contribution >= 4 is 27.5 Å². The number of carbonyl (C=O) groups is 1. The monoisotopic (exact) mass is 655 g/mol. The SMILES string of the molecule is COC(=O)C[C@H](C)NP(=O)(Oc1ccccc1)O[C@@H]1OC(n2cc(/C=C/COP(=O)(N3CC3)N3CC3)c(=O)[nH]c2=O)C[C@@H]1O. The highest BCUT2D eigenvalue weighted by Gasteiger charge is 2.49. The average Bonchev–Trinajstić information content (AvgIpc) is 3.90. The lowest BCUT2D eigenvalue weighted by Gasteiger charge is -2.26. The Morgan fingerprint density at radius 3 is 2.50 bits per heavy atom. The molecule has 3 aliphatic heterocycles. The number of nitrogens with zero attached hydrogens (tertiary/aromatic N) is 3. The van der Waals surface area contributed by atoms with E-state index < -0.39 is 57.3 Å². The maximum Gasteiger partial charge on any atom is 0.461 e. The number of methoxy groups -OCH3 is 1. The molecule has 18 heteroatoms. The Balaban J connectivity index is 1.28. The van der Waals surface area contributed by atoms with Crippen molar-refractivity contribution in [1.82, 2.24) is 24.0 Å². The summed E-state index contributed by atoms with van der Waals surface area (Å²) in [6.45, 7) is 4.37. The van der Waals surface area contributed by atoms with E-state index in [1.54, 1.807) is 46.6 Å². The number of nitrogens with one attached hydrogen (secondary N) is 2. The Kier molecular flexibility index (Phi) is 10.0. The van der Waals surface area contributed by atoms with E-state index >= 15 is 0 Å². The number of aromatic nitrogens is 2. The molecule has 0 amide bonds. The molecule has 3 fully saturated rings. The van der Waals surface area contributed by atoms with E-state index in [-0.39, 0.29) is 30.8 Å². The highest BCUT2D eigenvalue weighted by atomic mass is 31.2. The zero-order valence-corrected chi connectivity index (χ0v) is 25.9. The number of hydrogen-bond donors (Lipinski definition) is 3. The quantitative estimate of drug-likeness (QED) is 0.143. The molecule has 240 valence electrons. The summed E-state index contributed by atoms with van der Waals surface area (Å²) in [5.41, 5.74) is -1.39. The number of hydrogen-bond acceptors (Lipinski definition) is 11. The minimum absolute atomic E-state index is 0.0184. The van der Waals surface area contributed by atoms with Crippen molar-refractivity contribution in [1.29, 1.82) is 0 Å². The van der Waals surface area contributed by atoms with Crippen LogP contribution in [0.2, 0.25) is 0 Å². The number of para-hydroxylation sites is 1. The average molecular weight is 656 g/mol. The van der Waals surface area contributed by atoms with Crippen LogP contribution in [0.3, 0.4) is 0 Å². The minimum Gasteiger partial charge on any atom is -0.469 e. The number of rotatable bonds is 15. The van der Waals surface area contributed by atoms with Gasteiger partial charge in [-0.1, -0.05) is 24.3 Å². The Morgan fingerprint density at radius 2 is 1.86 bits per heavy atom. The summed E-state index contributed by atoms with van der Waals surface area (Å²) in [6.07, 6.45) is -0.0656. The van der Waals surface area contributed by atoms with Crippen LogP contribution in [0.5, 0.6) is 5.75 Å². The van der Waals surface area contributed by atoms with Crippen molar-refractivity contribution in [3.63, 3.8) is 0 Å². The number of H-pyrrole nitrogens is 1. The third-order valence-electron chi connectivity index (χ3n) is 6.84. The number of aliphatic hydroxyl groups excluding tert-OH is 1. The first-order valence-electron chi connectivity index (χ1n) is 14.0. The molecule has 3 aliphatic rings. The first-order chi connectivity index (χ1) is 21.0. The van der Waals surface area contributed by atoms with E-state index in [1.807, 2.05) is 0 Å². The molecule has 4 heterocycles. The Bertz CT molecular complexity index is 1560. The summed E-state index contributed by atoms with van der Waals surface area (Å²) in [6, 6.07) is 7.42. The van der Waals surface area contributed by atoms with Crippen molar-refractivity contribution in [2.75, 3.05) is 39.9 Å². The number of aromatic amines is 1. The van der Waals surface area contributed by atoms with Crippen LogP contribution in [0.25, 0.3) is 6.08 Å². The van der Waals surface area contributed by atoms with Gasteiger partial charge in [-0.05, 0) is 25.1 Å². The van der Waals surface area contributed by atoms with Crippen LogP contribution in [0.15, 0.2) is 52.2 Å². The molecule has 0 bridgehead atoms. The molecule has 16 nitrogen and oxygen atoms in total. The van der Waals surface area contributed by atoms with Crippen LogP contribution in [0.1, 0.15) is 31.6 Å². The van der Waals surface area contributed by atoms with E-state index in [2.05, 4.69) is 14.8 Å². The minimum atomic E-state index is -4.28. The zero-order valence-electron chi connectivity index (χ0n) is 24.1. The van der Waals surface area contributed by atoms with Gasteiger partial charge in [0.25, 0.3) is 5.56 Å². The standard InChI is InChI=1S/C26H35N5O11P2/c1-18(15-23(33)38-2)28-43(36,41-20-8-4-3-5-9-20)42-25-21(32)16-22(40-25)31-17-19(24(34)27-26(31)35)7-6-14-39-44(37,29-10-11-29)30-12-13-30/h3-9,17-18,21-22,25,32H,10-16H2,1-2H3,(H,28,36)(H,27,34,35)/b7-6+/t18-,21-,22?,25-,43?/m0/s1. The molecule has 44 heavy (non-hydrogen) atoms. The first-order valence-corrected chi connectivity index (χ1v) is 17.1. The molecular formula is C26H35N5O11P2. The van der Waals surface area contributed by atoms with Crippen LogP contribution in [-0.2, 0) is 32.4 Å². The largest absolute Gasteiger partial charge is 0.469 e. The predicted octanol–water partition coefficient (Wildman–Crippen LogP) is 1.66. The van der Waals surface area contributed by atoms with Gasteiger partial charge < -0.3 is 23.6 Å². The van der Waals surface area contributed by atoms with Crippen molar-refractivity contribution in [2.45, 2.75) is 44.4 Å². The van der Waals surface area contributed by atoms with Gasteiger partial charge in [-0.2, -0.15) is 0 Å². The summed E-state index contributed by atoms with van der Waals surface area (Å²) in [5, 5.41) is 13.4. The molecule has 5 rings (SSSR count). The zero-order chi connectivity index (χ0) is 31.5. The van der Waals surface area contributed by atoms with Crippen LogP contribution in [-0.4, -0.2) is 88.3 Å². The third kappa shape index (κ3) is 8.02. The highest BCUT2D eigenvalue weighted by Crippen LogP contribution is 2.60. The fraction of sp³-hybridized carbons (Fsp3) is 0.500. The van der Waals surface area contributed by atoms with E-state index in [0.29, 0.717) is 26.2 Å². The second-order valence-corrected chi connectivity index (χ2v) is 14.4. The van der Waals surface area contributed by atoms with Crippen LogP contribution in [0.4, 0.5) is 0 Å². The van der Waals surface area contributed by atoms with Crippen LogP contribution >= 0.6 is 15.4 Å². The van der Waals surface area contributed by atoms with Crippen molar-refractivity contribution < 1.29 is 42.1 Å². The number of aliphatic hydroxyl groups is 1. The molecule has 3 saturated heterocycles. The lowest BCUT2D eigenvalue weighted by atomic mass is 10.2. The smallest absolute Gasteiger partial charge is 0.461 e. The Morgan fingerprint density at radius 1 is 1.18 bits per heavy atom. The maximum atomic E-state index is 13.8. The van der Waals surface area contributed by atoms with Gasteiger partial charge in [0.15, 0.2) is 6.29 Å². The van der Waals surface area contributed by atoms with Gasteiger partial charge in [0.1, 0.15) is 18.1 Å². The number of carbonyl (C=O) groups excluding carboxylic acids is 1. The number of benzene rings is 1. The molecule has 2 aromatic rings. The van der Waals surface area contributed by atoms with E-state index in [1.165, 1.54) is 25.5 Å². The van der Waals surface area contributed by atoms with Gasteiger partial charge >= 0.3 is 27.1 Å². The van der Waals surface area contributed by atoms with E-state index in [0.717, 1.165) is 4.57 Å². The molecule has 2 unspecified atom stereocenters.